The molecule has 5 heteroatoms. The second-order valence-corrected chi connectivity index (χ2v) is 4.99. The van der Waals surface area contributed by atoms with Gasteiger partial charge in [-0.05, 0) is 18.4 Å². The van der Waals surface area contributed by atoms with E-state index in [0.29, 0.717) is 19.6 Å². The zero-order valence-electron chi connectivity index (χ0n) is 11.0. The van der Waals surface area contributed by atoms with E-state index in [0.717, 1.165) is 18.4 Å². The van der Waals surface area contributed by atoms with E-state index in [1.54, 1.807) is 0 Å². The van der Waals surface area contributed by atoms with Crippen LogP contribution in [0, 0.1) is 0 Å². The van der Waals surface area contributed by atoms with Crippen molar-refractivity contribution in [2.45, 2.75) is 24.9 Å². The third kappa shape index (κ3) is 3.94. The van der Waals surface area contributed by atoms with Crippen LogP contribution >= 0.6 is 0 Å². The number of carboxylic acid groups (broad SMARTS) is 1. The Balaban J connectivity index is 1.80. The van der Waals surface area contributed by atoms with Crippen LogP contribution in [0.4, 0.5) is 4.79 Å². The van der Waals surface area contributed by atoms with E-state index in [1.807, 2.05) is 30.3 Å². The summed E-state index contributed by atoms with van der Waals surface area (Å²) in [5, 5.41) is 12.4. The van der Waals surface area contributed by atoms with E-state index in [2.05, 4.69) is 5.32 Å². The second-order valence-electron chi connectivity index (χ2n) is 4.99. The van der Waals surface area contributed by atoms with E-state index >= 15 is 0 Å². The highest BCUT2D eigenvalue weighted by atomic mass is 16.4. The minimum absolute atomic E-state index is 0.0543. The van der Waals surface area contributed by atoms with Gasteiger partial charge in [-0.25, -0.2) is 4.79 Å². The van der Waals surface area contributed by atoms with E-state index in [9.17, 15) is 4.79 Å². The summed E-state index contributed by atoms with van der Waals surface area (Å²) in [4.78, 5) is 12.4. The van der Waals surface area contributed by atoms with Crippen molar-refractivity contribution < 1.29 is 9.90 Å². The maximum absolute atomic E-state index is 10.9. The fourth-order valence-electron chi connectivity index (χ4n) is 2.43. The van der Waals surface area contributed by atoms with E-state index in [1.165, 1.54) is 4.90 Å². The number of piperidine rings is 1. The highest BCUT2D eigenvalue weighted by molar-refractivity contribution is 5.65. The van der Waals surface area contributed by atoms with Gasteiger partial charge in [-0.15, -0.1) is 0 Å². The average molecular weight is 263 g/mol. The molecule has 1 fully saturated rings. The maximum atomic E-state index is 10.9. The molecule has 5 nitrogen and oxygen atoms in total. The number of nitrogens with zero attached hydrogens (tertiary/aromatic N) is 1. The Kier molecular flexibility index (Phi) is 4.76. The van der Waals surface area contributed by atoms with Gasteiger partial charge in [0.2, 0.25) is 0 Å². The lowest BCUT2D eigenvalue weighted by atomic mass is 10.0. The predicted molar refractivity (Wildman–Crippen MR) is 74.0 cm³/mol. The number of amides is 1. The van der Waals surface area contributed by atoms with Gasteiger partial charge in [0.05, 0.1) is 0 Å². The molecule has 1 aromatic carbocycles. The lowest BCUT2D eigenvalue weighted by Crippen LogP contribution is -2.48. The van der Waals surface area contributed by atoms with Crippen LogP contribution in [0.15, 0.2) is 30.3 Å². The van der Waals surface area contributed by atoms with Gasteiger partial charge < -0.3 is 21.1 Å². The minimum atomic E-state index is -0.834. The van der Waals surface area contributed by atoms with Crippen LogP contribution < -0.4 is 11.1 Å². The fourth-order valence-corrected chi connectivity index (χ4v) is 2.43. The molecule has 1 aliphatic rings. The van der Waals surface area contributed by atoms with Crippen molar-refractivity contribution in [1.29, 1.82) is 0 Å². The van der Waals surface area contributed by atoms with Crippen LogP contribution in [-0.4, -0.2) is 41.8 Å². The highest BCUT2D eigenvalue weighted by Crippen LogP contribution is 2.12. The molecule has 1 aromatic rings. The quantitative estimate of drug-likeness (QED) is 0.767. The van der Waals surface area contributed by atoms with Gasteiger partial charge in [0, 0.05) is 31.7 Å². The fraction of sp³-hybridized carbons (Fsp3) is 0.500. The first-order chi connectivity index (χ1) is 9.16. The molecule has 2 rings (SSSR count). The molecule has 0 spiro atoms. The molecule has 104 valence electrons. The van der Waals surface area contributed by atoms with Crippen LogP contribution in [0.2, 0.25) is 0 Å². The molecular weight excluding hydrogens is 242 g/mol. The summed E-state index contributed by atoms with van der Waals surface area (Å²) in [6.45, 7) is 1.86. The SMILES string of the molecule is NC(CNC1CCCN(C(=O)O)C1)c1ccccc1. The van der Waals surface area contributed by atoms with Crippen LogP contribution in [0.25, 0.3) is 0 Å². The normalized spacial score (nSPS) is 21.1. The molecule has 1 amide bonds. The van der Waals surface area contributed by atoms with Gasteiger partial charge in [0.15, 0.2) is 0 Å². The highest BCUT2D eigenvalue weighted by Gasteiger charge is 2.23. The number of benzene rings is 1. The van der Waals surface area contributed by atoms with Crippen molar-refractivity contribution in [2.24, 2.45) is 5.73 Å². The lowest BCUT2D eigenvalue weighted by Gasteiger charge is -2.32. The van der Waals surface area contributed by atoms with Crippen molar-refractivity contribution in [2.75, 3.05) is 19.6 Å². The van der Waals surface area contributed by atoms with Gasteiger partial charge in [-0.3, -0.25) is 0 Å². The van der Waals surface area contributed by atoms with Gasteiger partial charge in [-0.1, -0.05) is 30.3 Å². The summed E-state index contributed by atoms with van der Waals surface area (Å²) in [7, 11) is 0. The van der Waals surface area contributed by atoms with Gasteiger partial charge >= 0.3 is 6.09 Å². The monoisotopic (exact) mass is 263 g/mol. The largest absolute Gasteiger partial charge is 0.465 e. The molecule has 2 unspecified atom stereocenters. The van der Waals surface area contributed by atoms with Crippen LogP contribution in [0.1, 0.15) is 24.4 Å². The Labute approximate surface area is 113 Å². The van der Waals surface area contributed by atoms with E-state index in [4.69, 9.17) is 10.8 Å². The Morgan fingerprint density at radius 3 is 2.89 bits per heavy atom. The number of rotatable bonds is 4. The molecule has 2 atom stereocenters. The predicted octanol–water partition coefficient (Wildman–Crippen LogP) is 1.42. The van der Waals surface area contributed by atoms with E-state index < -0.39 is 6.09 Å². The number of nitrogens with one attached hydrogen (secondary N) is 1. The van der Waals surface area contributed by atoms with Crippen LogP contribution in [0.3, 0.4) is 0 Å². The molecule has 0 aromatic heterocycles. The molecule has 4 N–H and O–H groups in total. The van der Waals surface area contributed by atoms with Gasteiger partial charge in [-0.2, -0.15) is 0 Å². The van der Waals surface area contributed by atoms with Crippen molar-refractivity contribution in [3.05, 3.63) is 35.9 Å². The standard InChI is InChI=1S/C14H21N3O2/c15-13(11-5-2-1-3-6-11)9-16-12-7-4-8-17(10-12)14(18)19/h1-3,5-6,12-13,16H,4,7-10,15H2,(H,18,19). The molecule has 19 heavy (non-hydrogen) atoms. The zero-order valence-corrected chi connectivity index (χ0v) is 11.0. The first-order valence-electron chi connectivity index (χ1n) is 6.68. The second kappa shape index (κ2) is 6.54. The number of hydrogen-bond acceptors (Lipinski definition) is 3. The molecule has 0 aliphatic carbocycles. The molecule has 0 bridgehead atoms. The summed E-state index contributed by atoms with van der Waals surface area (Å²) in [6, 6.07) is 10.1. The first kappa shape index (κ1) is 13.8. The Hall–Kier alpha value is -1.59. The Morgan fingerprint density at radius 2 is 2.21 bits per heavy atom. The van der Waals surface area contributed by atoms with Gasteiger partial charge in [0.25, 0.3) is 0 Å². The van der Waals surface area contributed by atoms with Crippen molar-refractivity contribution in [3.8, 4) is 0 Å². The summed E-state index contributed by atoms with van der Waals surface area (Å²) in [6.07, 6.45) is 1.08. The third-order valence-electron chi connectivity index (χ3n) is 3.55. The van der Waals surface area contributed by atoms with E-state index in [-0.39, 0.29) is 12.1 Å². The van der Waals surface area contributed by atoms with Crippen LogP contribution in [0.5, 0.6) is 0 Å². The Morgan fingerprint density at radius 1 is 1.47 bits per heavy atom. The number of likely N-dealkylation sites (tertiary alicyclic amines) is 1. The number of nitrogens with two attached hydrogens (primary N) is 1. The summed E-state index contributed by atoms with van der Waals surface area (Å²) < 4.78 is 0. The third-order valence-corrected chi connectivity index (χ3v) is 3.55. The van der Waals surface area contributed by atoms with Crippen molar-refractivity contribution >= 4 is 6.09 Å². The lowest BCUT2D eigenvalue weighted by molar-refractivity contribution is 0.126. The van der Waals surface area contributed by atoms with Crippen LogP contribution in [-0.2, 0) is 0 Å². The first-order valence-corrected chi connectivity index (χ1v) is 6.68. The molecule has 0 radical (unpaired) electrons. The number of hydrogen-bond donors (Lipinski definition) is 3. The summed E-state index contributed by atoms with van der Waals surface area (Å²) in [5.74, 6) is 0. The molecule has 0 saturated carbocycles. The number of carbonyl (C=O) groups is 1. The smallest absolute Gasteiger partial charge is 0.407 e. The molecular formula is C14H21N3O2. The topological polar surface area (TPSA) is 78.6 Å². The zero-order chi connectivity index (χ0) is 13.7. The Bertz CT molecular complexity index is 410. The molecule has 1 heterocycles. The van der Waals surface area contributed by atoms with Crippen molar-refractivity contribution in [3.63, 3.8) is 0 Å². The van der Waals surface area contributed by atoms with Crippen molar-refractivity contribution in [1.82, 2.24) is 10.2 Å². The molecule has 1 aliphatic heterocycles. The summed E-state index contributed by atoms with van der Waals surface area (Å²) >= 11 is 0. The average Bonchev–Trinajstić information content (AvgIpc) is 2.46. The molecule has 1 saturated heterocycles. The maximum Gasteiger partial charge on any atom is 0.407 e. The van der Waals surface area contributed by atoms with Gasteiger partial charge in [0.1, 0.15) is 0 Å². The minimum Gasteiger partial charge on any atom is -0.465 e. The summed E-state index contributed by atoms with van der Waals surface area (Å²) in [5.41, 5.74) is 7.21.